The Bertz CT molecular complexity index is 936. The molecule has 6 nitrogen and oxygen atoms in total. The van der Waals surface area contributed by atoms with E-state index in [1.165, 1.54) is 11.8 Å². The van der Waals surface area contributed by atoms with Crippen LogP contribution in [0.2, 0.25) is 0 Å². The standard InChI is InChI=1S/C21H21Br2N3O3S/c22-17-13-16(29-19(17)23)14-18-20(27)26(8-4-7-25-9-11-28-12-10-25)21(30-18)24-15-5-2-1-3-6-15/h1-3,5-6,13-14H,4,7-12H2/b18-14-,24-21?. The number of thioether (sulfide) groups is 1. The molecule has 0 aliphatic carbocycles. The SMILES string of the molecule is O=C1/C(=C/c2cc(Br)c(Br)o2)SC(=Nc2ccccc2)N1CCCN1CCOCC1. The molecule has 2 saturated heterocycles. The van der Waals surface area contributed by atoms with E-state index in [0.29, 0.717) is 27.0 Å². The Morgan fingerprint density at radius 1 is 1.13 bits per heavy atom. The van der Waals surface area contributed by atoms with Gasteiger partial charge in [0.1, 0.15) is 5.76 Å². The summed E-state index contributed by atoms with van der Waals surface area (Å²) in [5, 5.41) is 0.698. The van der Waals surface area contributed by atoms with Crippen molar-refractivity contribution in [3.05, 3.63) is 56.2 Å². The summed E-state index contributed by atoms with van der Waals surface area (Å²) < 4.78 is 12.4. The molecule has 2 aliphatic heterocycles. The van der Waals surface area contributed by atoms with Crippen LogP contribution in [-0.2, 0) is 9.53 Å². The highest BCUT2D eigenvalue weighted by atomic mass is 79.9. The quantitative estimate of drug-likeness (QED) is 0.463. The molecule has 30 heavy (non-hydrogen) atoms. The molecule has 0 spiro atoms. The summed E-state index contributed by atoms with van der Waals surface area (Å²) in [6, 6.07) is 11.5. The zero-order chi connectivity index (χ0) is 20.9. The first-order valence-electron chi connectivity index (χ1n) is 9.70. The molecule has 2 aromatic rings. The molecule has 0 unspecified atom stereocenters. The van der Waals surface area contributed by atoms with Gasteiger partial charge in [0.25, 0.3) is 5.91 Å². The summed E-state index contributed by atoms with van der Waals surface area (Å²) in [5.41, 5.74) is 0.829. The average Bonchev–Trinajstić information content (AvgIpc) is 3.22. The summed E-state index contributed by atoms with van der Waals surface area (Å²) in [5.74, 6) is 0.569. The predicted molar refractivity (Wildman–Crippen MR) is 127 cm³/mol. The van der Waals surface area contributed by atoms with Crippen molar-refractivity contribution in [3.63, 3.8) is 0 Å². The van der Waals surface area contributed by atoms with Gasteiger partial charge in [-0.3, -0.25) is 14.6 Å². The Hall–Kier alpha value is -1.39. The zero-order valence-corrected chi connectivity index (χ0v) is 20.2. The zero-order valence-electron chi connectivity index (χ0n) is 16.2. The van der Waals surface area contributed by atoms with E-state index in [-0.39, 0.29) is 5.91 Å². The van der Waals surface area contributed by atoms with Gasteiger partial charge in [-0.1, -0.05) is 18.2 Å². The lowest BCUT2D eigenvalue weighted by Crippen LogP contribution is -2.38. The first kappa shape index (κ1) is 21.8. The van der Waals surface area contributed by atoms with E-state index >= 15 is 0 Å². The third-order valence-electron chi connectivity index (χ3n) is 4.77. The fourth-order valence-electron chi connectivity index (χ4n) is 3.24. The molecule has 0 atom stereocenters. The fraction of sp³-hybridized carbons (Fsp3) is 0.333. The molecule has 4 rings (SSSR count). The Labute approximate surface area is 196 Å². The number of rotatable bonds is 6. The molecule has 0 radical (unpaired) electrons. The van der Waals surface area contributed by atoms with Crippen molar-refractivity contribution in [2.45, 2.75) is 6.42 Å². The lowest BCUT2D eigenvalue weighted by molar-refractivity contribution is -0.122. The van der Waals surface area contributed by atoms with E-state index in [4.69, 9.17) is 14.1 Å². The molecule has 1 aromatic carbocycles. The second-order valence-electron chi connectivity index (χ2n) is 6.88. The Morgan fingerprint density at radius 3 is 2.60 bits per heavy atom. The van der Waals surface area contributed by atoms with Crippen LogP contribution in [-0.4, -0.2) is 60.3 Å². The number of para-hydroxylation sites is 1. The minimum atomic E-state index is -0.0414. The molecule has 1 aromatic heterocycles. The minimum Gasteiger partial charge on any atom is -0.449 e. The summed E-state index contributed by atoms with van der Waals surface area (Å²) in [6.07, 6.45) is 2.65. The topological polar surface area (TPSA) is 58.3 Å². The third-order valence-corrected chi connectivity index (χ3v) is 7.48. The lowest BCUT2D eigenvalue weighted by atomic mass is 10.3. The van der Waals surface area contributed by atoms with Crippen LogP contribution in [0.15, 0.2) is 59.9 Å². The normalized spacial score (nSPS) is 20.6. The summed E-state index contributed by atoms with van der Waals surface area (Å²) in [4.78, 5) is 22.6. The molecule has 2 fully saturated rings. The number of halogens is 2. The summed E-state index contributed by atoms with van der Waals surface area (Å²) in [7, 11) is 0. The lowest BCUT2D eigenvalue weighted by Gasteiger charge is -2.27. The summed E-state index contributed by atoms with van der Waals surface area (Å²) >= 11 is 8.13. The molecule has 158 valence electrons. The van der Waals surface area contributed by atoms with E-state index in [9.17, 15) is 4.79 Å². The smallest absolute Gasteiger partial charge is 0.266 e. The molecule has 0 bridgehead atoms. The first-order valence-corrected chi connectivity index (χ1v) is 12.1. The number of hydrogen-bond donors (Lipinski definition) is 0. The number of nitrogens with zero attached hydrogens (tertiary/aromatic N) is 3. The van der Waals surface area contributed by atoms with E-state index in [0.717, 1.165) is 49.4 Å². The van der Waals surface area contributed by atoms with Crippen LogP contribution in [0.3, 0.4) is 0 Å². The van der Waals surface area contributed by atoms with Crippen molar-refractivity contribution in [2.24, 2.45) is 4.99 Å². The Balaban J connectivity index is 1.52. The maximum Gasteiger partial charge on any atom is 0.266 e. The van der Waals surface area contributed by atoms with Gasteiger partial charge < -0.3 is 9.15 Å². The summed E-state index contributed by atoms with van der Waals surface area (Å²) in [6.45, 7) is 5.01. The van der Waals surface area contributed by atoms with Crippen LogP contribution in [0.5, 0.6) is 0 Å². The molecular formula is C21H21Br2N3O3S. The van der Waals surface area contributed by atoms with Crippen molar-refractivity contribution in [2.75, 3.05) is 39.4 Å². The van der Waals surface area contributed by atoms with Crippen molar-refractivity contribution in [1.82, 2.24) is 9.80 Å². The number of hydrogen-bond acceptors (Lipinski definition) is 6. The second kappa shape index (κ2) is 10.3. The number of amides is 1. The molecule has 0 N–H and O–H groups in total. The highest BCUT2D eigenvalue weighted by Gasteiger charge is 2.33. The molecule has 1 amide bonds. The van der Waals surface area contributed by atoms with Crippen LogP contribution in [0.1, 0.15) is 12.2 Å². The monoisotopic (exact) mass is 553 g/mol. The fourth-order valence-corrected chi connectivity index (χ4v) is 4.86. The van der Waals surface area contributed by atoms with Crippen LogP contribution >= 0.6 is 43.6 Å². The maximum atomic E-state index is 13.1. The van der Waals surface area contributed by atoms with Gasteiger partial charge in [0, 0.05) is 32.3 Å². The Morgan fingerprint density at radius 2 is 1.90 bits per heavy atom. The second-order valence-corrected chi connectivity index (χ2v) is 9.46. The highest BCUT2D eigenvalue weighted by Crippen LogP contribution is 2.36. The molecule has 0 saturated carbocycles. The molecule has 9 heteroatoms. The number of aliphatic imine (C=N–C) groups is 1. The molecule has 2 aliphatic rings. The number of carbonyl (C=O) groups is 1. The van der Waals surface area contributed by atoms with Gasteiger partial charge in [-0.05, 0) is 68.2 Å². The predicted octanol–water partition coefficient (Wildman–Crippen LogP) is 5.13. The highest BCUT2D eigenvalue weighted by molar-refractivity contribution is 9.13. The number of furan rings is 1. The van der Waals surface area contributed by atoms with Gasteiger partial charge in [0.15, 0.2) is 9.84 Å². The average molecular weight is 555 g/mol. The maximum absolute atomic E-state index is 13.1. The van der Waals surface area contributed by atoms with Crippen LogP contribution in [0, 0.1) is 0 Å². The van der Waals surface area contributed by atoms with Crippen LogP contribution in [0.25, 0.3) is 6.08 Å². The number of amidine groups is 1. The van der Waals surface area contributed by atoms with Crippen molar-refractivity contribution >= 4 is 66.5 Å². The van der Waals surface area contributed by atoms with E-state index < -0.39 is 0 Å². The van der Waals surface area contributed by atoms with Gasteiger partial charge >= 0.3 is 0 Å². The number of benzene rings is 1. The van der Waals surface area contributed by atoms with Crippen molar-refractivity contribution in [1.29, 1.82) is 0 Å². The number of carbonyl (C=O) groups excluding carboxylic acids is 1. The Kier molecular flexibility index (Phi) is 7.48. The minimum absolute atomic E-state index is 0.0414. The molecular weight excluding hydrogens is 534 g/mol. The van der Waals surface area contributed by atoms with Crippen molar-refractivity contribution < 1.29 is 13.9 Å². The van der Waals surface area contributed by atoms with E-state index in [1.54, 1.807) is 11.0 Å². The molecule has 3 heterocycles. The van der Waals surface area contributed by atoms with Gasteiger partial charge in [0.05, 0.1) is 28.3 Å². The van der Waals surface area contributed by atoms with Gasteiger partial charge in [-0.25, -0.2) is 4.99 Å². The number of ether oxygens (including phenoxy) is 1. The van der Waals surface area contributed by atoms with Crippen LogP contribution in [0.4, 0.5) is 5.69 Å². The van der Waals surface area contributed by atoms with E-state index in [1.807, 2.05) is 36.4 Å². The van der Waals surface area contributed by atoms with E-state index in [2.05, 4.69) is 36.8 Å². The largest absolute Gasteiger partial charge is 0.449 e. The van der Waals surface area contributed by atoms with Gasteiger partial charge in [0.2, 0.25) is 0 Å². The van der Waals surface area contributed by atoms with Gasteiger partial charge in [-0.2, -0.15) is 0 Å². The third kappa shape index (κ3) is 5.45. The van der Waals surface area contributed by atoms with Crippen molar-refractivity contribution in [3.8, 4) is 0 Å². The number of morpholine rings is 1. The van der Waals surface area contributed by atoms with Gasteiger partial charge in [-0.15, -0.1) is 0 Å². The first-order chi connectivity index (χ1) is 14.6. The van der Waals surface area contributed by atoms with Crippen LogP contribution < -0.4 is 0 Å².